The van der Waals surface area contributed by atoms with Gasteiger partial charge in [0.15, 0.2) is 0 Å². The molecule has 0 aliphatic carbocycles. The smallest absolute Gasteiger partial charge is 0.323 e. The van der Waals surface area contributed by atoms with Gasteiger partial charge in [0.1, 0.15) is 6.04 Å². The van der Waals surface area contributed by atoms with E-state index >= 15 is 0 Å². The Morgan fingerprint density at radius 1 is 1.47 bits per heavy atom. The second kappa shape index (κ2) is 9.04. The van der Waals surface area contributed by atoms with Gasteiger partial charge in [0.25, 0.3) is 0 Å². The van der Waals surface area contributed by atoms with Gasteiger partial charge in [-0.25, -0.2) is 0 Å². The molecule has 0 saturated carbocycles. The predicted octanol–water partition coefficient (Wildman–Crippen LogP) is 2.06. The van der Waals surface area contributed by atoms with Crippen LogP contribution in [0.3, 0.4) is 0 Å². The fraction of sp³-hybridized carbons (Fsp3) is 0.909. The van der Waals surface area contributed by atoms with E-state index in [0.717, 1.165) is 18.6 Å². The van der Waals surface area contributed by atoms with Crippen molar-refractivity contribution in [2.45, 2.75) is 45.7 Å². The summed E-state index contributed by atoms with van der Waals surface area (Å²) < 4.78 is 4.99. The molecular weight excluding hydrogens is 210 g/mol. The van der Waals surface area contributed by atoms with Crippen molar-refractivity contribution in [3.05, 3.63) is 0 Å². The van der Waals surface area contributed by atoms with Gasteiger partial charge in [-0.05, 0) is 38.7 Å². The second-order valence-corrected chi connectivity index (χ2v) is 4.55. The van der Waals surface area contributed by atoms with Gasteiger partial charge in [0.2, 0.25) is 0 Å². The molecule has 4 heteroatoms. The molecule has 0 saturated heterocycles. The van der Waals surface area contributed by atoms with E-state index < -0.39 is 0 Å². The Morgan fingerprint density at radius 3 is 2.60 bits per heavy atom. The van der Waals surface area contributed by atoms with Crippen molar-refractivity contribution in [2.75, 3.05) is 18.6 Å². The number of rotatable bonds is 8. The number of esters is 1. The summed E-state index contributed by atoms with van der Waals surface area (Å²) in [6, 6.07) is 0.216. The van der Waals surface area contributed by atoms with Gasteiger partial charge in [-0.2, -0.15) is 11.8 Å². The first-order valence-electron chi connectivity index (χ1n) is 5.57. The molecule has 2 atom stereocenters. The average Bonchev–Trinajstić information content (AvgIpc) is 2.23. The zero-order chi connectivity index (χ0) is 11.7. The summed E-state index contributed by atoms with van der Waals surface area (Å²) in [7, 11) is 0. The molecule has 0 amide bonds. The molecule has 0 aromatic rings. The van der Waals surface area contributed by atoms with Crippen LogP contribution in [0.2, 0.25) is 0 Å². The van der Waals surface area contributed by atoms with Crippen LogP contribution in [0.25, 0.3) is 0 Å². The minimum Gasteiger partial charge on any atom is -0.465 e. The molecule has 0 aliphatic rings. The molecule has 15 heavy (non-hydrogen) atoms. The molecule has 0 rings (SSSR count). The zero-order valence-corrected chi connectivity index (χ0v) is 11.0. The van der Waals surface area contributed by atoms with Crippen LogP contribution >= 0.6 is 11.8 Å². The van der Waals surface area contributed by atoms with Gasteiger partial charge < -0.3 is 10.1 Å². The minimum atomic E-state index is -0.151. The maximum atomic E-state index is 11.5. The zero-order valence-electron chi connectivity index (χ0n) is 10.2. The van der Waals surface area contributed by atoms with Crippen LogP contribution in [0.5, 0.6) is 0 Å². The molecule has 0 radical (unpaired) electrons. The minimum absolute atomic E-state index is 0.129. The number of ether oxygens (including phenoxy) is 1. The number of nitrogens with one attached hydrogen (secondary N) is 1. The maximum absolute atomic E-state index is 11.5. The number of carbonyl (C=O) groups excluding carboxylic acids is 1. The fourth-order valence-electron chi connectivity index (χ4n) is 1.32. The Hall–Kier alpha value is -0.220. The Labute approximate surface area is 97.3 Å². The Bertz CT molecular complexity index is 176. The molecule has 1 N–H and O–H groups in total. The van der Waals surface area contributed by atoms with Crippen LogP contribution in [-0.4, -0.2) is 36.7 Å². The number of thioether (sulfide) groups is 1. The molecule has 0 aromatic carbocycles. The monoisotopic (exact) mass is 233 g/mol. The molecule has 0 aromatic heterocycles. The van der Waals surface area contributed by atoms with Crippen molar-refractivity contribution in [1.82, 2.24) is 5.32 Å². The summed E-state index contributed by atoms with van der Waals surface area (Å²) in [4.78, 5) is 11.5. The second-order valence-electron chi connectivity index (χ2n) is 3.56. The topological polar surface area (TPSA) is 38.3 Å². The van der Waals surface area contributed by atoms with Crippen LogP contribution in [0.1, 0.15) is 33.6 Å². The molecule has 0 aliphatic heterocycles. The summed E-state index contributed by atoms with van der Waals surface area (Å²) in [6.45, 7) is 6.39. The van der Waals surface area contributed by atoms with Crippen molar-refractivity contribution in [3.63, 3.8) is 0 Å². The molecule has 2 unspecified atom stereocenters. The normalized spacial score (nSPS) is 14.7. The van der Waals surface area contributed by atoms with Crippen molar-refractivity contribution in [3.8, 4) is 0 Å². The van der Waals surface area contributed by atoms with E-state index in [1.807, 2.05) is 25.6 Å². The van der Waals surface area contributed by atoms with Crippen LogP contribution in [0.4, 0.5) is 0 Å². The van der Waals surface area contributed by atoms with Gasteiger partial charge in [0, 0.05) is 6.04 Å². The highest BCUT2D eigenvalue weighted by Crippen LogP contribution is 2.03. The van der Waals surface area contributed by atoms with E-state index in [4.69, 9.17) is 4.74 Å². The highest BCUT2D eigenvalue weighted by Gasteiger charge is 2.18. The number of carbonyl (C=O) groups is 1. The van der Waals surface area contributed by atoms with Gasteiger partial charge in [-0.3, -0.25) is 4.79 Å². The fourth-order valence-corrected chi connectivity index (χ4v) is 1.91. The summed E-state index contributed by atoms with van der Waals surface area (Å²) in [6.07, 6.45) is 3.95. The van der Waals surface area contributed by atoms with E-state index in [2.05, 4.69) is 18.5 Å². The standard InChI is InChI=1S/C11H23NO2S/c1-5-10(11(13)14-6-2)12-9(3)7-8-15-4/h9-10,12H,5-8H2,1-4H3. The summed E-state index contributed by atoms with van der Waals surface area (Å²) in [5.41, 5.74) is 0. The predicted molar refractivity (Wildman–Crippen MR) is 66.3 cm³/mol. The lowest BCUT2D eigenvalue weighted by Gasteiger charge is -2.20. The lowest BCUT2D eigenvalue weighted by atomic mass is 10.1. The third-order valence-corrected chi connectivity index (χ3v) is 2.86. The molecule has 0 spiro atoms. The molecule has 90 valence electrons. The Morgan fingerprint density at radius 2 is 2.13 bits per heavy atom. The lowest BCUT2D eigenvalue weighted by Crippen LogP contribution is -2.42. The van der Waals surface area contributed by atoms with E-state index in [1.165, 1.54) is 0 Å². The van der Waals surface area contributed by atoms with Crippen LogP contribution in [0, 0.1) is 0 Å². The molecule has 0 bridgehead atoms. The Kier molecular flexibility index (Phi) is 8.91. The quantitative estimate of drug-likeness (QED) is 0.651. The van der Waals surface area contributed by atoms with E-state index in [1.54, 1.807) is 0 Å². The first-order chi connectivity index (χ1) is 7.15. The maximum Gasteiger partial charge on any atom is 0.323 e. The van der Waals surface area contributed by atoms with Gasteiger partial charge in [-0.15, -0.1) is 0 Å². The van der Waals surface area contributed by atoms with Gasteiger partial charge in [-0.1, -0.05) is 6.92 Å². The molecule has 3 nitrogen and oxygen atoms in total. The third kappa shape index (κ3) is 6.79. The lowest BCUT2D eigenvalue weighted by molar-refractivity contribution is -0.145. The summed E-state index contributed by atoms with van der Waals surface area (Å²) in [5.74, 6) is 0.990. The van der Waals surface area contributed by atoms with E-state index in [0.29, 0.717) is 12.6 Å². The van der Waals surface area contributed by atoms with E-state index in [-0.39, 0.29) is 12.0 Å². The molecule has 0 heterocycles. The molecular formula is C11H23NO2S. The third-order valence-electron chi connectivity index (χ3n) is 2.22. The highest BCUT2D eigenvalue weighted by atomic mass is 32.2. The van der Waals surface area contributed by atoms with Crippen molar-refractivity contribution < 1.29 is 9.53 Å². The largest absolute Gasteiger partial charge is 0.465 e. The average molecular weight is 233 g/mol. The first kappa shape index (κ1) is 14.8. The van der Waals surface area contributed by atoms with Gasteiger partial charge in [0.05, 0.1) is 6.61 Å². The summed E-state index contributed by atoms with van der Waals surface area (Å²) in [5, 5.41) is 3.30. The van der Waals surface area contributed by atoms with Crippen molar-refractivity contribution in [2.24, 2.45) is 0 Å². The number of hydrogen-bond acceptors (Lipinski definition) is 4. The van der Waals surface area contributed by atoms with Crippen molar-refractivity contribution in [1.29, 1.82) is 0 Å². The Balaban J connectivity index is 3.91. The highest BCUT2D eigenvalue weighted by molar-refractivity contribution is 7.98. The van der Waals surface area contributed by atoms with Gasteiger partial charge >= 0.3 is 5.97 Å². The molecule has 0 fully saturated rings. The van der Waals surface area contributed by atoms with Crippen LogP contribution in [0.15, 0.2) is 0 Å². The summed E-state index contributed by atoms with van der Waals surface area (Å²) >= 11 is 1.83. The van der Waals surface area contributed by atoms with Crippen LogP contribution in [-0.2, 0) is 9.53 Å². The number of hydrogen-bond donors (Lipinski definition) is 1. The van der Waals surface area contributed by atoms with Crippen molar-refractivity contribution >= 4 is 17.7 Å². The SMILES string of the molecule is CCOC(=O)C(CC)NC(C)CCSC. The van der Waals surface area contributed by atoms with E-state index in [9.17, 15) is 4.79 Å². The van der Waals surface area contributed by atoms with Crippen LogP contribution < -0.4 is 5.32 Å². The first-order valence-corrected chi connectivity index (χ1v) is 6.96.